The van der Waals surface area contributed by atoms with Crippen molar-refractivity contribution >= 4 is 30.4 Å². The summed E-state index contributed by atoms with van der Waals surface area (Å²) in [6.07, 6.45) is 9.34. The molecule has 0 aromatic heterocycles. The van der Waals surface area contributed by atoms with Crippen molar-refractivity contribution in [3.8, 4) is 5.75 Å². The highest BCUT2D eigenvalue weighted by Crippen LogP contribution is 2.25. The molecule has 0 saturated carbocycles. The van der Waals surface area contributed by atoms with Crippen LogP contribution < -0.4 is 0 Å². The van der Waals surface area contributed by atoms with E-state index in [0.29, 0.717) is 0 Å². The minimum absolute atomic E-state index is 0. The lowest BCUT2D eigenvalue weighted by Gasteiger charge is -2.01. The second kappa shape index (κ2) is 4.63. The number of nitrogens with zero attached hydrogens (tertiary/aromatic N) is 1. The van der Waals surface area contributed by atoms with E-state index < -0.39 is 0 Å². The lowest BCUT2D eigenvalue weighted by molar-refractivity contribution is 0.475. The van der Waals surface area contributed by atoms with E-state index in [-0.39, 0.29) is 18.2 Å². The molecule has 2 rings (SSSR count). The molecular formula is C11H10ClNO. The molecule has 14 heavy (non-hydrogen) atoms. The maximum absolute atomic E-state index is 9.25. The number of halogens is 1. The Morgan fingerprint density at radius 3 is 2.79 bits per heavy atom. The monoisotopic (exact) mass is 207 g/mol. The number of phenols is 1. The van der Waals surface area contributed by atoms with E-state index in [4.69, 9.17) is 0 Å². The maximum Gasteiger partial charge on any atom is 0.116 e. The highest BCUT2D eigenvalue weighted by atomic mass is 35.5. The molecule has 2 nitrogen and oxygen atoms in total. The lowest BCUT2D eigenvalue weighted by atomic mass is 10.1. The van der Waals surface area contributed by atoms with Gasteiger partial charge in [0.15, 0.2) is 0 Å². The molecule has 1 heterocycles. The quantitative estimate of drug-likeness (QED) is 0.697. The van der Waals surface area contributed by atoms with Crippen LogP contribution in [0.5, 0.6) is 5.75 Å². The standard InChI is InChI=1S/C11H9NO.ClH/c13-10-5-6-11-9(8-10)4-2-1-3-7-12-11;/h1-8,13H;1H. The highest BCUT2D eigenvalue weighted by molar-refractivity contribution is 5.85. The van der Waals surface area contributed by atoms with Crippen LogP contribution in [0.3, 0.4) is 0 Å². The Bertz CT molecular complexity index is 408. The van der Waals surface area contributed by atoms with Crippen LogP contribution in [0.25, 0.3) is 6.08 Å². The summed E-state index contributed by atoms with van der Waals surface area (Å²) < 4.78 is 0. The van der Waals surface area contributed by atoms with Gasteiger partial charge in [0.05, 0.1) is 5.69 Å². The molecule has 0 saturated heterocycles. The lowest BCUT2D eigenvalue weighted by Crippen LogP contribution is -1.77. The summed E-state index contributed by atoms with van der Waals surface area (Å²) in [7, 11) is 0. The summed E-state index contributed by atoms with van der Waals surface area (Å²) >= 11 is 0. The van der Waals surface area contributed by atoms with E-state index in [1.165, 1.54) is 0 Å². The van der Waals surface area contributed by atoms with E-state index in [9.17, 15) is 5.11 Å². The summed E-state index contributed by atoms with van der Waals surface area (Å²) in [5.74, 6) is 0.267. The van der Waals surface area contributed by atoms with Gasteiger partial charge in [0, 0.05) is 11.8 Å². The fourth-order valence-corrected chi connectivity index (χ4v) is 1.19. The minimum atomic E-state index is 0. The van der Waals surface area contributed by atoms with Gasteiger partial charge in [-0.1, -0.05) is 18.2 Å². The van der Waals surface area contributed by atoms with Crippen LogP contribution in [0.2, 0.25) is 0 Å². The second-order valence-electron chi connectivity index (χ2n) is 2.77. The molecule has 0 bridgehead atoms. The molecule has 1 aromatic rings. The van der Waals surface area contributed by atoms with Crippen molar-refractivity contribution in [2.24, 2.45) is 4.99 Å². The van der Waals surface area contributed by atoms with Gasteiger partial charge in [0.2, 0.25) is 0 Å². The van der Waals surface area contributed by atoms with Crippen molar-refractivity contribution in [1.82, 2.24) is 0 Å². The smallest absolute Gasteiger partial charge is 0.116 e. The van der Waals surface area contributed by atoms with Crippen LogP contribution in [-0.2, 0) is 0 Å². The zero-order valence-corrected chi connectivity index (χ0v) is 8.24. The van der Waals surface area contributed by atoms with Gasteiger partial charge in [-0.3, -0.25) is 4.99 Å². The zero-order valence-electron chi connectivity index (χ0n) is 7.42. The number of allylic oxidation sites excluding steroid dienone is 3. The summed E-state index contributed by atoms with van der Waals surface area (Å²) in [6.45, 7) is 0. The van der Waals surface area contributed by atoms with Gasteiger partial charge in [0.1, 0.15) is 5.75 Å². The number of aliphatic imine (C=N–C) groups is 1. The molecule has 0 amide bonds. The van der Waals surface area contributed by atoms with Crippen molar-refractivity contribution in [3.63, 3.8) is 0 Å². The number of hydrogen-bond acceptors (Lipinski definition) is 2. The molecule has 0 unspecified atom stereocenters. The third kappa shape index (κ3) is 2.24. The summed E-state index contributed by atoms with van der Waals surface area (Å²) in [5, 5.41) is 9.25. The van der Waals surface area contributed by atoms with Crippen LogP contribution in [0.4, 0.5) is 5.69 Å². The Hall–Kier alpha value is -1.54. The number of phenolic OH excluding ortho intramolecular Hbond substituents is 1. The molecule has 1 aromatic carbocycles. The Balaban J connectivity index is 0.000000980. The molecule has 0 atom stereocenters. The normalized spacial score (nSPS) is 12.6. The Morgan fingerprint density at radius 2 is 1.93 bits per heavy atom. The van der Waals surface area contributed by atoms with Crippen LogP contribution in [0.1, 0.15) is 5.56 Å². The van der Waals surface area contributed by atoms with Crippen LogP contribution in [-0.4, -0.2) is 11.3 Å². The number of aromatic hydroxyl groups is 1. The fourth-order valence-electron chi connectivity index (χ4n) is 1.19. The van der Waals surface area contributed by atoms with Gasteiger partial charge in [-0.15, -0.1) is 12.4 Å². The van der Waals surface area contributed by atoms with Crippen LogP contribution in [0, 0.1) is 0 Å². The second-order valence-corrected chi connectivity index (χ2v) is 2.77. The Labute approximate surface area is 88.7 Å². The Morgan fingerprint density at radius 1 is 1.07 bits per heavy atom. The van der Waals surface area contributed by atoms with Crippen molar-refractivity contribution in [2.45, 2.75) is 0 Å². The minimum Gasteiger partial charge on any atom is -0.508 e. The summed E-state index contributed by atoms with van der Waals surface area (Å²) in [5.41, 5.74) is 1.80. The maximum atomic E-state index is 9.25. The van der Waals surface area contributed by atoms with E-state index in [2.05, 4.69) is 4.99 Å². The molecule has 1 aliphatic rings. The fraction of sp³-hybridized carbons (Fsp3) is 0. The number of fused-ring (bicyclic) bond motifs is 1. The van der Waals surface area contributed by atoms with Crippen molar-refractivity contribution in [3.05, 3.63) is 42.0 Å². The highest BCUT2D eigenvalue weighted by Gasteiger charge is 1.98. The van der Waals surface area contributed by atoms with Crippen LogP contribution in [0.15, 0.2) is 41.4 Å². The number of rotatable bonds is 0. The first kappa shape index (κ1) is 10.5. The van der Waals surface area contributed by atoms with Gasteiger partial charge in [-0.25, -0.2) is 0 Å². The summed E-state index contributed by atoms with van der Waals surface area (Å²) in [4.78, 5) is 4.21. The number of hydrogen-bond donors (Lipinski definition) is 1. The predicted octanol–water partition coefficient (Wildman–Crippen LogP) is 3.10. The molecule has 72 valence electrons. The first-order valence-corrected chi connectivity index (χ1v) is 4.07. The van der Waals surface area contributed by atoms with E-state index in [0.717, 1.165) is 11.3 Å². The van der Waals surface area contributed by atoms with Gasteiger partial charge < -0.3 is 5.11 Å². The third-order valence-electron chi connectivity index (χ3n) is 1.81. The first-order chi connectivity index (χ1) is 6.36. The molecule has 0 spiro atoms. The first-order valence-electron chi connectivity index (χ1n) is 4.07. The topological polar surface area (TPSA) is 32.6 Å². The van der Waals surface area contributed by atoms with Gasteiger partial charge >= 0.3 is 0 Å². The van der Waals surface area contributed by atoms with Crippen molar-refractivity contribution in [1.29, 1.82) is 0 Å². The SMILES string of the molecule is Cl.Oc1ccc2c(c1)C=CC=CC=N2. The zero-order chi connectivity index (χ0) is 9.10. The van der Waals surface area contributed by atoms with Crippen molar-refractivity contribution in [2.75, 3.05) is 0 Å². The van der Waals surface area contributed by atoms with Crippen LogP contribution >= 0.6 is 12.4 Å². The average molecular weight is 208 g/mol. The molecule has 0 aliphatic carbocycles. The Kier molecular flexibility index (Phi) is 3.48. The summed E-state index contributed by atoms with van der Waals surface area (Å²) in [6, 6.07) is 5.13. The van der Waals surface area contributed by atoms with E-state index >= 15 is 0 Å². The third-order valence-corrected chi connectivity index (χ3v) is 1.81. The molecule has 1 N–H and O–H groups in total. The van der Waals surface area contributed by atoms with Gasteiger partial charge in [-0.2, -0.15) is 0 Å². The van der Waals surface area contributed by atoms with Crippen molar-refractivity contribution < 1.29 is 5.11 Å². The number of benzene rings is 1. The predicted molar refractivity (Wildman–Crippen MR) is 61.7 cm³/mol. The molecule has 1 aliphatic heterocycles. The average Bonchev–Trinajstić information content (AvgIpc) is 2.08. The molecular weight excluding hydrogens is 198 g/mol. The largest absolute Gasteiger partial charge is 0.508 e. The van der Waals surface area contributed by atoms with E-state index in [1.54, 1.807) is 24.4 Å². The van der Waals surface area contributed by atoms with Gasteiger partial charge in [-0.05, 0) is 24.3 Å². The molecule has 0 radical (unpaired) electrons. The van der Waals surface area contributed by atoms with E-state index in [1.807, 2.05) is 24.3 Å². The molecule has 0 fully saturated rings. The van der Waals surface area contributed by atoms with Gasteiger partial charge in [0.25, 0.3) is 0 Å². The molecule has 3 heteroatoms.